The summed E-state index contributed by atoms with van der Waals surface area (Å²) in [5.74, 6) is -0.0677. The van der Waals surface area contributed by atoms with Gasteiger partial charge in [-0.15, -0.1) is 11.6 Å². The fourth-order valence-electron chi connectivity index (χ4n) is 1.12. The Morgan fingerprint density at radius 2 is 2.12 bits per heavy atom. The Kier molecular flexibility index (Phi) is 4.62. The Labute approximate surface area is 105 Å². The van der Waals surface area contributed by atoms with Crippen molar-refractivity contribution in [2.45, 2.75) is 11.0 Å². The van der Waals surface area contributed by atoms with Gasteiger partial charge in [0.2, 0.25) is 0 Å². The number of phenolic OH excluding ortho intramolecular Hbond substituents is 1. The van der Waals surface area contributed by atoms with E-state index in [0.29, 0.717) is 0 Å². The van der Waals surface area contributed by atoms with Crippen molar-refractivity contribution in [3.05, 3.63) is 18.2 Å². The summed E-state index contributed by atoms with van der Waals surface area (Å²) < 4.78 is 27.8. The van der Waals surface area contributed by atoms with Crippen LogP contribution in [0.5, 0.6) is 11.5 Å². The largest absolute Gasteiger partial charge is 0.507 e. The van der Waals surface area contributed by atoms with E-state index in [1.54, 1.807) is 0 Å². The van der Waals surface area contributed by atoms with Gasteiger partial charge in [-0.1, -0.05) is 0 Å². The first kappa shape index (κ1) is 14.1. The predicted molar refractivity (Wildman–Crippen MR) is 63.4 cm³/mol. The first-order valence-electron chi connectivity index (χ1n) is 4.74. The van der Waals surface area contributed by atoms with Gasteiger partial charge in [-0.05, 0) is 12.1 Å². The maximum atomic E-state index is 11.3. The number of aliphatic hydroxyl groups excluding tert-OH is 1. The third-order valence-electron chi connectivity index (χ3n) is 1.95. The number of phenols is 1. The lowest BCUT2D eigenvalue weighted by molar-refractivity contribution is 0.125. The van der Waals surface area contributed by atoms with Gasteiger partial charge in [-0.2, -0.15) is 0 Å². The number of hydrogen-bond acceptors (Lipinski definition) is 5. The van der Waals surface area contributed by atoms with Gasteiger partial charge in [0.05, 0.1) is 5.88 Å². The molecule has 0 fully saturated rings. The zero-order valence-electron chi connectivity index (χ0n) is 9.13. The van der Waals surface area contributed by atoms with Crippen molar-refractivity contribution >= 4 is 21.4 Å². The molecule has 0 saturated carbocycles. The SMILES string of the molecule is CS(=O)(=O)c1cc(OCC(O)CCl)ccc1O. The fraction of sp³-hybridized carbons (Fsp3) is 0.400. The molecule has 0 heterocycles. The number of sulfone groups is 1. The van der Waals surface area contributed by atoms with Crippen LogP contribution in [0.4, 0.5) is 0 Å². The molecule has 1 rings (SSSR count). The molecule has 0 aliphatic rings. The average molecular weight is 281 g/mol. The molecule has 1 atom stereocenters. The van der Waals surface area contributed by atoms with Gasteiger partial charge >= 0.3 is 0 Å². The van der Waals surface area contributed by atoms with Gasteiger partial charge in [0, 0.05) is 12.3 Å². The molecule has 0 aromatic heterocycles. The fourth-order valence-corrected chi connectivity index (χ4v) is 1.99. The summed E-state index contributed by atoms with van der Waals surface area (Å²) in [5, 5.41) is 18.6. The van der Waals surface area contributed by atoms with Gasteiger partial charge in [0.25, 0.3) is 0 Å². The molecular formula is C10H13ClO5S. The zero-order valence-corrected chi connectivity index (χ0v) is 10.7. The van der Waals surface area contributed by atoms with Gasteiger partial charge in [0.1, 0.15) is 29.1 Å². The third kappa shape index (κ3) is 4.07. The Balaban J connectivity index is 2.90. The lowest BCUT2D eigenvalue weighted by Crippen LogP contribution is -2.18. The molecule has 0 aliphatic carbocycles. The smallest absolute Gasteiger partial charge is 0.179 e. The molecule has 0 aliphatic heterocycles. The van der Waals surface area contributed by atoms with Gasteiger partial charge in [0.15, 0.2) is 9.84 Å². The van der Waals surface area contributed by atoms with Crippen LogP contribution in [0.15, 0.2) is 23.1 Å². The molecule has 1 aromatic carbocycles. The number of aliphatic hydroxyl groups is 1. The Hall–Kier alpha value is -0.980. The zero-order chi connectivity index (χ0) is 13.1. The molecule has 5 nitrogen and oxygen atoms in total. The number of aromatic hydroxyl groups is 1. The third-order valence-corrected chi connectivity index (χ3v) is 3.43. The van der Waals surface area contributed by atoms with E-state index in [9.17, 15) is 18.6 Å². The van der Waals surface area contributed by atoms with Crippen LogP contribution in [0.25, 0.3) is 0 Å². The van der Waals surface area contributed by atoms with Crippen LogP contribution >= 0.6 is 11.6 Å². The lowest BCUT2D eigenvalue weighted by Gasteiger charge is -2.11. The number of hydrogen-bond donors (Lipinski definition) is 2. The summed E-state index contributed by atoms with van der Waals surface area (Å²) in [7, 11) is -3.52. The van der Waals surface area contributed by atoms with Crippen LogP contribution in [0.2, 0.25) is 0 Å². The lowest BCUT2D eigenvalue weighted by atomic mass is 10.3. The monoisotopic (exact) mass is 280 g/mol. The Morgan fingerprint density at radius 1 is 1.47 bits per heavy atom. The number of benzene rings is 1. The average Bonchev–Trinajstić information content (AvgIpc) is 2.26. The highest BCUT2D eigenvalue weighted by Crippen LogP contribution is 2.27. The standard InChI is InChI=1S/C10H13ClO5S/c1-17(14,15)10-4-8(2-3-9(10)13)16-6-7(12)5-11/h2-4,7,12-13H,5-6H2,1H3. The normalized spacial score (nSPS) is 13.4. The summed E-state index contributed by atoms with van der Waals surface area (Å²) in [4.78, 5) is -0.213. The van der Waals surface area contributed by atoms with Crippen molar-refractivity contribution in [2.75, 3.05) is 18.7 Å². The first-order valence-corrected chi connectivity index (χ1v) is 7.17. The second-order valence-corrected chi connectivity index (χ2v) is 5.81. The molecule has 1 unspecified atom stereocenters. The number of rotatable bonds is 5. The molecule has 0 bridgehead atoms. The van der Waals surface area contributed by atoms with E-state index < -0.39 is 15.9 Å². The van der Waals surface area contributed by atoms with Crippen molar-refractivity contribution in [3.63, 3.8) is 0 Å². The van der Waals surface area contributed by atoms with Gasteiger partial charge in [-0.3, -0.25) is 0 Å². The molecule has 7 heteroatoms. The van der Waals surface area contributed by atoms with E-state index in [4.69, 9.17) is 16.3 Å². The highest BCUT2D eigenvalue weighted by molar-refractivity contribution is 7.90. The maximum Gasteiger partial charge on any atom is 0.179 e. The van der Waals surface area contributed by atoms with E-state index >= 15 is 0 Å². The second-order valence-electron chi connectivity index (χ2n) is 3.52. The van der Waals surface area contributed by atoms with Gasteiger partial charge in [-0.25, -0.2) is 8.42 Å². The van der Waals surface area contributed by atoms with Crippen LogP contribution in [0.3, 0.4) is 0 Å². The van der Waals surface area contributed by atoms with Crippen molar-refractivity contribution < 1.29 is 23.4 Å². The summed E-state index contributed by atoms with van der Waals surface area (Å²) in [6.45, 7) is -0.0442. The number of halogens is 1. The minimum Gasteiger partial charge on any atom is -0.507 e. The van der Waals surface area contributed by atoms with Crippen LogP contribution in [0.1, 0.15) is 0 Å². The van der Waals surface area contributed by atoms with E-state index in [-0.39, 0.29) is 28.9 Å². The van der Waals surface area contributed by atoms with Crippen molar-refractivity contribution in [3.8, 4) is 11.5 Å². The number of ether oxygens (including phenoxy) is 1. The number of alkyl halides is 1. The molecule has 0 spiro atoms. The summed E-state index contributed by atoms with van der Waals surface area (Å²) in [5.41, 5.74) is 0. The molecule has 2 N–H and O–H groups in total. The molecule has 0 radical (unpaired) electrons. The Morgan fingerprint density at radius 3 is 2.65 bits per heavy atom. The minimum absolute atomic E-state index is 0.0248. The molecule has 17 heavy (non-hydrogen) atoms. The summed E-state index contributed by atoms with van der Waals surface area (Å²) in [6.07, 6.45) is 0.159. The first-order chi connectivity index (χ1) is 7.84. The van der Waals surface area contributed by atoms with Gasteiger partial charge < -0.3 is 14.9 Å². The van der Waals surface area contributed by atoms with Crippen LogP contribution in [-0.4, -0.2) is 43.5 Å². The van der Waals surface area contributed by atoms with E-state index in [0.717, 1.165) is 6.26 Å². The van der Waals surface area contributed by atoms with E-state index in [2.05, 4.69) is 0 Å². The molecule has 1 aromatic rings. The van der Waals surface area contributed by atoms with Crippen molar-refractivity contribution in [1.82, 2.24) is 0 Å². The summed E-state index contributed by atoms with van der Waals surface area (Å²) in [6, 6.07) is 3.83. The molecule has 0 saturated heterocycles. The summed E-state index contributed by atoms with van der Waals surface area (Å²) >= 11 is 5.38. The van der Waals surface area contributed by atoms with Crippen molar-refractivity contribution in [1.29, 1.82) is 0 Å². The quantitative estimate of drug-likeness (QED) is 0.779. The van der Waals surface area contributed by atoms with Crippen LogP contribution < -0.4 is 4.74 Å². The highest BCUT2D eigenvalue weighted by Gasteiger charge is 2.14. The van der Waals surface area contributed by atoms with E-state index in [1.807, 2.05) is 0 Å². The molecule has 96 valence electrons. The van der Waals surface area contributed by atoms with Crippen LogP contribution in [0, 0.1) is 0 Å². The predicted octanol–water partition coefficient (Wildman–Crippen LogP) is 0.774. The topological polar surface area (TPSA) is 83.8 Å². The maximum absolute atomic E-state index is 11.3. The highest BCUT2D eigenvalue weighted by atomic mass is 35.5. The molecule has 0 amide bonds. The van der Waals surface area contributed by atoms with Crippen LogP contribution in [-0.2, 0) is 9.84 Å². The molecular weight excluding hydrogens is 268 g/mol. The van der Waals surface area contributed by atoms with E-state index in [1.165, 1.54) is 18.2 Å². The second kappa shape index (κ2) is 5.57. The minimum atomic E-state index is -3.52. The van der Waals surface area contributed by atoms with Crippen molar-refractivity contribution in [2.24, 2.45) is 0 Å². The Bertz CT molecular complexity index is 485.